The van der Waals surface area contributed by atoms with E-state index in [9.17, 15) is 4.39 Å². The molecular formula is C14H16FN3O2. The Morgan fingerprint density at radius 1 is 1.35 bits per heavy atom. The average molecular weight is 277 g/mol. The van der Waals surface area contributed by atoms with Gasteiger partial charge in [-0.3, -0.25) is 4.90 Å². The fourth-order valence-electron chi connectivity index (χ4n) is 1.79. The molecule has 6 heteroatoms. The van der Waals surface area contributed by atoms with Crippen molar-refractivity contribution in [3.63, 3.8) is 0 Å². The second-order valence-corrected chi connectivity index (χ2v) is 4.27. The van der Waals surface area contributed by atoms with Crippen molar-refractivity contribution in [2.75, 3.05) is 19.7 Å². The van der Waals surface area contributed by atoms with E-state index in [0.29, 0.717) is 36.9 Å². The van der Waals surface area contributed by atoms with Crippen LogP contribution in [0.5, 0.6) is 0 Å². The van der Waals surface area contributed by atoms with Crippen LogP contribution in [-0.2, 0) is 6.54 Å². The Morgan fingerprint density at radius 3 is 2.75 bits per heavy atom. The van der Waals surface area contributed by atoms with Gasteiger partial charge in [0.2, 0.25) is 0 Å². The number of halogens is 1. The maximum atomic E-state index is 12.8. The summed E-state index contributed by atoms with van der Waals surface area (Å²) in [5.74, 6) is 0.552. The van der Waals surface area contributed by atoms with Gasteiger partial charge in [-0.05, 0) is 24.3 Å². The minimum Gasteiger partial charge on any atom is -0.395 e. The zero-order valence-corrected chi connectivity index (χ0v) is 11.0. The highest BCUT2D eigenvalue weighted by Gasteiger charge is 2.12. The minimum atomic E-state index is -0.311. The monoisotopic (exact) mass is 277 g/mol. The standard InChI is InChI=1S/C14H16FN3O2/c1-2-7-18(8-9-19)10-13-16-14(20-17-13)11-3-5-12(15)6-4-11/h2-6,19H,1,7-10H2. The van der Waals surface area contributed by atoms with Gasteiger partial charge in [0.25, 0.3) is 5.89 Å². The SMILES string of the molecule is C=CCN(CCO)Cc1noc(-c2ccc(F)cc2)n1. The van der Waals surface area contributed by atoms with Crippen molar-refractivity contribution in [1.29, 1.82) is 0 Å². The maximum Gasteiger partial charge on any atom is 0.257 e. The van der Waals surface area contributed by atoms with Crippen LogP contribution in [0.4, 0.5) is 4.39 Å². The number of rotatable bonds is 7. The number of aromatic nitrogens is 2. The van der Waals surface area contributed by atoms with Gasteiger partial charge in [0.1, 0.15) is 5.82 Å². The highest BCUT2D eigenvalue weighted by atomic mass is 19.1. The third-order valence-electron chi connectivity index (χ3n) is 2.73. The molecule has 1 heterocycles. The first kappa shape index (κ1) is 14.4. The van der Waals surface area contributed by atoms with Crippen LogP contribution in [0, 0.1) is 5.82 Å². The van der Waals surface area contributed by atoms with E-state index < -0.39 is 0 Å². The lowest BCUT2D eigenvalue weighted by Gasteiger charge is -2.16. The lowest BCUT2D eigenvalue weighted by atomic mass is 10.2. The molecule has 0 radical (unpaired) electrons. The molecule has 0 aliphatic heterocycles. The molecule has 2 aromatic rings. The molecule has 0 saturated heterocycles. The first-order valence-electron chi connectivity index (χ1n) is 6.25. The molecule has 1 aromatic carbocycles. The van der Waals surface area contributed by atoms with Gasteiger partial charge >= 0.3 is 0 Å². The Morgan fingerprint density at radius 2 is 2.10 bits per heavy atom. The Bertz CT molecular complexity index is 554. The molecule has 1 N–H and O–H groups in total. The van der Waals surface area contributed by atoms with Crippen LogP contribution in [-0.4, -0.2) is 39.8 Å². The van der Waals surface area contributed by atoms with Crippen LogP contribution >= 0.6 is 0 Å². The van der Waals surface area contributed by atoms with E-state index in [0.717, 1.165) is 0 Å². The van der Waals surface area contributed by atoms with E-state index >= 15 is 0 Å². The largest absolute Gasteiger partial charge is 0.395 e. The van der Waals surface area contributed by atoms with Crippen LogP contribution < -0.4 is 0 Å². The zero-order chi connectivity index (χ0) is 14.4. The molecule has 0 atom stereocenters. The van der Waals surface area contributed by atoms with Crippen molar-refractivity contribution < 1.29 is 14.0 Å². The van der Waals surface area contributed by atoms with E-state index in [1.54, 1.807) is 18.2 Å². The van der Waals surface area contributed by atoms with Gasteiger partial charge < -0.3 is 9.63 Å². The summed E-state index contributed by atoms with van der Waals surface area (Å²) in [6.07, 6.45) is 1.75. The maximum absolute atomic E-state index is 12.8. The van der Waals surface area contributed by atoms with Crippen molar-refractivity contribution in [3.05, 3.63) is 48.6 Å². The molecule has 106 valence electrons. The van der Waals surface area contributed by atoms with E-state index in [-0.39, 0.29) is 12.4 Å². The molecule has 20 heavy (non-hydrogen) atoms. The fourth-order valence-corrected chi connectivity index (χ4v) is 1.79. The summed E-state index contributed by atoms with van der Waals surface area (Å²) in [6.45, 7) is 5.30. The predicted molar refractivity (Wildman–Crippen MR) is 72.3 cm³/mol. The third kappa shape index (κ3) is 3.72. The summed E-state index contributed by atoms with van der Waals surface area (Å²) >= 11 is 0. The van der Waals surface area contributed by atoms with Gasteiger partial charge in [0.05, 0.1) is 13.2 Å². The van der Waals surface area contributed by atoms with Gasteiger partial charge in [-0.1, -0.05) is 11.2 Å². The molecule has 0 spiro atoms. The van der Waals surface area contributed by atoms with Crippen LogP contribution in [0.2, 0.25) is 0 Å². The molecule has 5 nitrogen and oxygen atoms in total. The number of aliphatic hydroxyl groups is 1. The molecule has 0 unspecified atom stereocenters. The molecule has 0 aliphatic carbocycles. The lowest BCUT2D eigenvalue weighted by molar-refractivity contribution is 0.199. The molecule has 0 bridgehead atoms. The van der Waals surface area contributed by atoms with Crippen LogP contribution in [0.1, 0.15) is 5.82 Å². The molecule has 2 rings (SSSR count). The molecule has 1 aromatic heterocycles. The van der Waals surface area contributed by atoms with Gasteiger partial charge in [0.15, 0.2) is 5.82 Å². The van der Waals surface area contributed by atoms with Gasteiger partial charge in [-0.15, -0.1) is 6.58 Å². The highest BCUT2D eigenvalue weighted by Crippen LogP contribution is 2.17. The average Bonchev–Trinajstić information content (AvgIpc) is 2.89. The molecule has 0 aliphatic rings. The van der Waals surface area contributed by atoms with Crippen molar-refractivity contribution in [3.8, 4) is 11.5 Å². The number of hydrogen-bond donors (Lipinski definition) is 1. The van der Waals surface area contributed by atoms with Crippen LogP contribution in [0.3, 0.4) is 0 Å². The number of aliphatic hydroxyl groups excluding tert-OH is 1. The number of hydrogen-bond acceptors (Lipinski definition) is 5. The quantitative estimate of drug-likeness (QED) is 0.783. The van der Waals surface area contributed by atoms with Crippen molar-refractivity contribution in [2.24, 2.45) is 0 Å². The summed E-state index contributed by atoms with van der Waals surface area (Å²) < 4.78 is 18.0. The lowest BCUT2D eigenvalue weighted by Crippen LogP contribution is -2.27. The fraction of sp³-hybridized carbons (Fsp3) is 0.286. The smallest absolute Gasteiger partial charge is 0.257 e. The van der Waals surface area contributed by atoms with E-state index in [4.69, 9.17) is 9.63 Å². The Kier molecular flexibility index (Phi) is 4.97. The zero-order valence-electron chi connectivity index (χ0n) is 11.0. The Labute approximate surface area is 116 Å². The number of nitrogens with zero attached hydrogens (tertiary/aromatic N) is 3. The van der Waals surface area contributed by atoms with Gasteiger partial charge in [-0.25, -0.2) is 4.39 Å². The van der Waals surface area contributed by atoms with Crippen LogP contribution in [0.15, 0.2) is 41.4 Å². The second kappa shape index (κ2) is 6.93. The summed E-state index contributed by atoms with van der Waals surface area (Å²) in [5, 5.41) is 12.9. The summed E-state index contributed by atoms with van der Waals surface area (Å²) in [6, 6.07) is 5.85. The summed E-state index contributed by atoms with van der Waals surface area (Å²) in [5.41, 5.74) is 0.669. The second-order valence-electron chi connectivity index (χ2n) is 4.27. The molecular weight excluding hydrogens is 261 g/mol. The van der Waals surface area contributed by atoms with Crippen LogP contribution in [0.25, 0.3) is 11.5 Å². The van der Waals surface area contributed by atoms with Crippen molar-refractivity contribution in [1.82, 2.24) is 15.0 Å². The van der Waals surface area contributed by atoms with E-state index in [1.807, 2.05) is 4.90 Å². The Hall–Kier alpha value is -2.05. The molecule has 0 amide bonds. The first-order chi connectivity index (χ1) is 9.72. The van der Waals surface area contributed by atoms with Crippen molar-refractivity contribution in [2.45, 2.75) is 6.54 Å². The third-order valence-corrected chi connectivity index (χ3v) is 2.73. The highest BCUT2D eigenvalue weighted by molar-refractivity contribution is 5.52. The molecule has 0 fully saturated rings. The molecule has 0 saturated carbocycles. The topological polar surface area (TPSA) is 62.4 Å². The van der Waals surface area contributed by atoms with Crippen molar-refractivity contribution >= 4 is 0 Å². The first-order valence-corrected chi connectivity index (χ1v) is 6.25. The normalized spacial score (nSPS) is 10.9. The van der Waals surface area contributed by atoms with Gasteiger partial charge in [-0.2, -0.15) is 4.98 Å². The van der Waals surface area contributed by atoms with Gasteiger partial charge in [0, 0.05) is 18.7 Å². The summed E-state index contributed by atoms with van der Waals surface area (Å²) in [4.78, 5) is 6.19. The number of benzene rings is 1. The Balaban J connectivity index is 2.08. The minimum absolute atomic E-state index is 0.0521. The summed E-state index contributed by atoms with van der Waals surface area (Å²) in [7, 11) is 0. The van der Waals surface area contributed by atoms with E-state index in [2.05, 4.69) is 16.7 Å². The van der Waals surface area contributed by atoms with E-state index in [1.165, 1.54) is 12.1 Å². The predicted octanol–water partition coefficient (Wildman–Crippen LogP) is 1.86.